The Kier molecular flexibility index (Phi) is 4.39. The minimum atomic E-state index is -3.35. The summed E-state index contributed by atoms with van der Waals surface area (Å²) in [4.78, 5) is 11.2. The van der Waals surface area contributed by atoms with Crippen molar-refractivity contribution in [3.05, 3.63) is 0 Å². The van der Waals surface area contributed by atoms with E-state index in [0.29, 0.717) is 0 Å². The molecular weight excluding hydrogens is 192 g/mol. The number of hydrogen-bond donors (Lipinski definition) is 0. The average molecular weight is 208 g/mol. The van der Waals surface area contributed by atoms with Crippen LogP contribution in [0.1, 0.15) is 20.8 Å². The van der Waals surface area contributed by atoms with Crippen LogP contribution in [-0.2, 0) is 19.4 Å². The van der Waals surface area contributed by atoms with Crippen LogP contribution in [0.4, 0.5) is 0 Å². The van der Waals surface area contributed by atoms with Crippen molar-refractivity contribution in [2.75, 3.05) is 12.9 Å². The molecule has 0 aliphatic heterocycles. The first kappa shape index (κ1) is 12.4. The second-order valence-electron chi connectivity index (χ2n) is 3.14. The number of carbonyl (C=O) groups is 1. The van der Waals surface area contributed by atoms with E-state index in [4.69, 9.17) is 0 Å². The third-order valence-electron chi connectivity index (χ3n) is 1.83. The largest absolute Gasteiger partial charge is 0.468 e. The molecule has 0 aliphatic rings. The van der Waals surface area contributed by atoms with Gasteiger partial charge in [0.05, 0.1) is 7.11 Å². The third-order valence-corrected chi connectivity index (χ3v) is 4.14. The van der Waals surface area contributed by atoms with Gasteiger partial charge in [-0.15, -0.1) is 0 Å². The van der Waals surface area contributed by atoms with E-state index in [-0.39, 0.29) is 11.7 Å². The van der Waals surface area contributed by atoms with Crippen molar-refractivity contribution in [2.45, 2.75) is 26.0 Å². The van der Waals surface area contributed by atoms with Crippen LogP contribution in [0.15, 0.2) is 0 Å². The zero-order valence-electron chi connectivity index (χ0n) is 8.40. The Balaban J connectivity index is 4.94. The van der Waals surface area contributed by atoms with Gasteiger partial charge in [0.1, 0.15) is 0 Å². The molecule has 0 amide bonds. The van der Waals surface area contributed by atoms with Gasteiger partial charge in [-0.25, -0.2) is 8.42 Å². The number of carbonyl (C=O) groups excluding carboxylic acids is 1. The first-order valence-electron chi connectivity index (χ1n) is 4.16. The Morgan fingerprint density at radius 1 is 1.38 bits per heavy atom. The Bertz CT molecular complexity index is 266. The zero-order valence-corrected chi connectivity index (χ0v) is 9.22. The molecule has 0 aromatic heterocycles. The predicted molar refractivity (Wildman–Crippen MR) is 50.1 cm³/mol. The lowest BCUT2D eigenvalue weighted by Crippen LogP contribution is -2.37. The molecule has 0 saturated heterocycles. The summed E-state index contributed by atoms with van der Waals surface area (Å²) in [5.74, 6) is -0.959. The molecule has 4 nitrogen and oxygen atoms in total. The van der Waals surface area contributed by atoms with Crippen LogP contribution in [0.2, 0.25) is 0 Å². The van der Waals surface area contributed by atoms with Gasteiger partial charge in [-0.3, -0.25) is 4.79 Å². The molecule has 5 heteroatoms. The molecule has 0 spiro atoms. The number of sulfone groups is 1. The summed E-state index contributed by atoms with van der Waals surface area (Å²) in [6, 6.07) is 0. The smallest absolute Gasteiger partial charge is 0.324 e. The lowest BCUT2D eigenvalue weighted by atomic mass is 10.1. The van der Waals surface area contributed by atoms with Crippen LogP contribution in [-0.4, -0.2) is 32.5 Å². The molecule has 0 fully saturated rings. The summed E-state index contributed by atoms with van der Waals surface area (Å²) in [6.45, 7) is 4.90. The maximum Gasteiger partial charge on any atom is 0.324 e. The molecule has 1 unspecified atom stereocenters. The van der Waals surface area contributed by atoms with Crippen LogP contribution < -0.4 is 0 Å². The Labute approximate surface area is 79.2 Å². The molecule has 0 rings (SSSR count). The van der Waals surface area contributed by atoms with Gasteiger partial charge in [0.25, 0.3) is 0 Å². The molecule has 0 radical (unpaired) electrons. The fraction of sp³-hybridized carbons (Fsp3) is 0.875. The molecule has 78 valence electrons. The van der Waals surface area contributed by atoms with E-state index in [1.807, 2.05) is 0 Å². The van der Waals surface area contributed by atoms with Crippen molar-refractivity contribution in [2.24, 2.45) is 5.92 Å². The number of hydrogen-bond acceptors (Lipinski definition) is 4. The molecule has 0 bridgehead atoms. The normalized spacial score (nSPS) is 14.2. The Morgan fingerprint density at radius 3 is 2.08 bits per heavy atom. The first-order valence-corrected chi connectivity index (χ1v) is 5.87. The van der Waals surface area contributed by atoms with E-state index in [9.17, 15) is 13.2 Å². The first-order chi connectivity index (χ1) is 5.86. The average Bonchev–Trinajstić information content (AvgIpc) is 2.03. The van der Waals surface area contributed by atoms with Gasteiger partial charge in [-0.1, -0.05) is 20.8 Å². The highest BCUT2D eigenvalue weighted by Gasteiger charge is 2.34. The summed E-state index contributed by atoms with van der Waals surface area (Å²) < 4.78 is 27.3. The minimum Gasteiger partial charge on any atom is -0.468 e. The second kappa shape index (κ2) is 4.60. The Morgan fingerprint density at radius 2 is 1.85 bits per heavy atom. The van der Waals surface area contributed by atoms with Gasteiger partial charge in [-0.2, -0.15) is 0 Å². The number of esters is 1. The molecular formula is C8H16O4S. The van der Waals surface area contributed by atoms with E-state index in [1.165, 1.54) is 14.0 Å². The quantitative estimate of drug-likeness (QED) is 0.635. The van der Waals surface area contributed by atoms with Gasteiger partial charge in [-0.05, 0) is 5.92 Å². The highest BCUT2D eigenvalue weighted by molar-refractivity contribution is 7.92. The summed E-state index contributed by atoms with van der Waals surface area (Å²) in [7, 11) is -2.15. The zero-order chi connectivity index (χ0) is 10.6. The predicted octanol–water partition coefficient (Wildman–Crippen LogP) is 0.619. The Hall–Kier alpha value is -0.580. The van der Waals surface area contributed by atoms with Crippen LogP contribution in [0.3, 0.4) is 0 Å². The van der Waals surface area contributed by atoms with Gasteiger partial charge in [0.2, 0.25) is 0 Å². The third kappa shape index (κ3) is 2.99. The van der Waals surface area contributed by atoms with Crippen LogP contribution in [0, 0.1) is 5.92 Å². The van der Waals surface area contributed by atoms with Crippen molar-refractivity contribution in [1.29, 1.82) is 0 Å². The highest BCUT2D eigenvalue weighted by Crippen LogP contribution is 2.14. The van der Waals surface area contributed by atoms with Crippen LogP contribution in [0.5, 0.6) is 0 Å². The molecule has 13 heavy (non-hydrogen) atoms. The van der Waals surface area contributed by atoms with Crippen molar-refractivity contribution in [3.63, 3.8) is 0 Å². The highest BCUT2D eigenvalue weighted by atomic mass is 32.2. The van der Waals surface area contributed by atoms with Gasteiger partial charge >= 0.3 is 5.97 Å². The maximum atomic E-state index is 11.4. The summed E-state index contributed by atoms with van der Waals surface area (Å²) in [6.07, 6.45) is 0. The molecule has 1 atom stereocenters. The van der Waals surface area contributed by atoms with Crippen LogP contribution in [0.25, 0.3) is 0 Å². The molecule has 0 N–H and O–H groups in total. The van der Waals surface area contributed by atoms with Crippen LogP contribution >= 0.6 is 0 Å². The molecule has 0 heterocycles. The summed E-state index contributed by atoms with van der Waals surface area (Å²) in [5.41, 5.74) is 0. The summed E-state index contributed by atoms with van der Waals surface area (Å²) >= 11 is 0. The summed E-state index contributed by atoms with van der Waals surface area (Å²) in [5, 5.41) is -1.03. The second-order valence-corrected chi connectivity index (χ2v) is 5.55. The number of ether oxygens (including phenoxy) is 1. The van der Waals surface area contributed by atoms with Gasteiger partial charge in [0.15, 0.2) is 15.1 Å². The lowest BCUT2D eigenvalue weighted by Gasteiger charge is -2.17. The van der Waals surface area contributed by atoms with Gasteiger partial charge < -0.3 is 4.74 Å². The van der Waals surface area contributed by atoms with E-state index in [1.54, 1.807) is 13.8 Å². The fourth-order valence-electron chi connectivity index (χ4n) is 1.13. The van der Waals surface area contributed by atoms with Gasteiger partial charge in [0, 0.05) is 5.75 Å². The standard InChI is InChI=1S/C8H16O4S/c1-5-13(10,11)7(6(2)3)8(9)12-4/h6-7H,5H2,1-4H3. The van der Waals surface area contributed by atoms with E-state index < -0.39 is 21.1 Å². The molecule has 0 saturated carbocycles. The maximum absolute atomic E-state index is 11.4. The number of rotatable bonds is 4. The SMILES string of the molecule is CCS(=O)(=O)C(C(=O)OC)C(C)C. The van der Waals surface area contributed by atoms with Crippen molar-refractivity contribution in [3.8, 4) is 0 Å². The monoisotopic (exact) mass is 208 g/mol. The van der Waals surface area contributed by atoms with Crippen molar-refractivity contribution in [1.82, 2.24) is 0 Å². The topological polar surface area (TPSA) is 60.4 Å². The molecule has 0 aliphatic carbocycles. The minimum absolute atomic E-state index is 0.0368. The number of methoxy groups -OCH3 is 1. The van der Waals surface area contributed by atoms with Crippen molar-refractivity contribution < 1.29 is 17.9 Å². The van der Waals surface area contributed by atoms with E-state index >= 15 is 0 Å². The molecule has 0 aromatic rings. The van der Waals surface area contributed by atoms with E-state index in [2.05, 4.69) is 4.74 Å². The molecule has 0 aromatic carbocycles. The van der Waals surface area contributed by atoms with E-state index in [0.717, 1.165) is 0 Å². The van der Waals surface area contributed by atoms with Crippen molar-refractivity contribution >= 4 is 15.8 Å². The fourth-order valence-corrected chi connectivity index (χ4v) is 2.71. The lowest BCUT2D eigenvalue weighted by molar-refractivity contribution is -0.140.